The van der Waals surface area contributed by atoms with Crippen LogP contribution in [0, 0.1) is 0 Å². The Morgan fingerprint density at radius 2 is 0.633 bits per heavy atom. The molecule has 0 fully saturated rings. The molecular formula is C73H139NO5. The molecule has 0 rings (SSSR count). The first-order chi connectivity index (χ1) is 39.0. The smallest absolute Gasteiger partial charge is 0.305 e. The molecule has 6 heteroatoms. The molecule has 0 radical (unpaired) electrons. The number of nitrogens with one attached hydrogen (secondary N) is 1. The molecule has 2 atom stereocenters. The number of allylic oxidation sites excluding steroid dienone is 5. The van der Waals surface area contributed by atoms with Gasteiger partial charge in [0.05, 0.1) is 25.4 Å². The van der Waals surface area contributed by atoms with Gasteiger partial charge in [-0.1, -0.05) is 352 Å². The third-order valence-corrected chi connectivity index (χ3v) is 16.7. The zero-order valence-corrected chi connectivity index (χ0v) is 53.4. The standard InChI is InChI=1S/C73H139NO5/c1-3-5-7-9-11-13-15-17-38-43-47-51-55-59-63-67-73(78)79-68-64-60-56-52-48-44-40-37-35-33-31-29-27-25-23-21-19-20-22-24-26-28-30-32-34-36-39-42-46-50-54-58-62-66-72(77)74-70(69-75)71(76)65-61-57-53-49-45-41-18-16-14-12-10-8-6-4-2/h23,25,29,31,61,65,70-71,75-76H,3-22,24,26-28,30,32-60,62-64,66-69H2,1-2H3,(H,74,77)/b25-23-,31-29-,65-61+. The first-order valence-corrected chi connectivity index (χ1v) is 35.8. The van der Waals surface area contributed by atoms with Crippen LogP contribution in [0.25, 0.3) is 0 Å². The second kappa shape index (κ2) is 68.6. The second-order valence-electron chi connectivity index (χ2n) is 24.6. The van der Waals surface area contributed by atoms with E-state index in [2.05, 4.69) is 43.5 Å². The lowest BCUT2D eigenvalue weighted by molar-refractivity contribution is -0.143. The quantitative estimate of drug-likeness (QED) is 0.0320. The summed E-state index contributed by atoms with van der Waals surface area (Å²) in [5.74, 6) is -0.0471. The summed E-state index contributed by atoms with van der Waals surface area (Å²) >= 11 is 0. The summed E-state index contributed by atoms with van der Waals surface area (Å²) in [6, 6.07) is -0.626. The molecule has 6 nitrogen and oxygen atoms in total. The number of carbonyl (C=O) groups is 2. The Morgan fingerprint density at radius 3 is 0.962 bits per heavy atom. The van der Waals surface area contributed by atoms with Crippen molar-refractivity contribution >= 4 is 11.9 Å². The van der Waals surface area contributed by atoms with Crippen LogP contribution in [0.3, 0.4) is 0 Å². The number of aliphatic hydroxyl groups excluding tert-OH is 2. The third-order valence-electron chi connectivity index (χ3n) is 16.7. The van der Waals surface area contributed by atoms with Gasteiger partial charge in [0.1, 0.15) is 0 Å². The largest absolute Gasteiger partial charge is 0.466 e. The molecule has 1 amide bonds. The van der Waals surface area contributed by atoms with E-state index in [1.54, 1.807) is 6.08 Å². The molecule has 0 heterocycles. The molecule has 0 aliphatic rings. The molecule has 0 spiro atoms. The van der Waals surface area contributed by atoms with Crippen molar-refractivity contribution in [2.75, 3.05) is 13.2 Å². The topological polar surface area (TPSA) is 95.9 Å². The number of esters is 1. The van der Waals surface area contributed by atoms with Gasteiger partial charge in [-0.2, -0.15) is 0 Å². The number of hydrogen-bond donors (Lipinski definition) is 3. The Bertz CT molecular complexity index is 1280. The minimum atomic E-state index is -0.843. The average Bonchev–Trinajstić information content (AvgIpc) is 3.45. The highest BCUT2D eigenvalue weighted by molar-refractivity contribution is 5.76. The van der Waals surface area contributed by atoms with E-state index in [4.69, 9.17) is 4.74 Å². The van der Waals surface area contributed by atoms with Crippen molar-refractivity contribution in [1.82, 2.24) is 5.32 Å². The summed E-state index contributed by atoms with van der Waals surface area (Å²) < 4.78 is 5.50. The van der Waals surface area contributed by atoms with E-state index < -0.39 is 12.1 Å². The molecule has 0 aliphatic heterocycles. The fourth-order valence-corrected chi connectivity index (χ4v) is 11.2. The fourth-order valence-electron chi connectivity index (χ4n) is 11.2. The SMILES string of the molecule is CCCCCCCCCCCCCC/C=C/C(O)C(CO)NC(=O)CCCCCCCCCCCCCCCCCCC/C=C\C/C=C\CCCCCCCCCCCOC(=O)CCCCCCCCCCCCCCCCC. The van der Waals surface area contributed by atoms with Crippen LogP contribution in [0.5, 0.6) is 0 Å². The van der Waals surface area contributed by atoms with E-state index >= 15 is 0 Å². The predicted octanol–water partition coefficient (Wildman–Crippen LogP) is 23.1. The monoisotopic (exact) mass is 1110 g/mol. The lowest BCUT2D eigenvalue weighted by Crippen LogP contribution is -2.45. The maximum atomic E-state index is 12.5. The first-order valence-electron chi connectivity index (χ1n) is 35.8. The fraction of sp³-hybridized carbons (Fsp3) is 0.890. The van der Waals surface area contributed by atoms with Crippen molar-refractivity contribution in [1.29, 1.82) is 0 Å². The van der Waals surface area contributed by atoms with Crippen LogP contribution in [-0.2, 0) is 14.3 Å². The predicted molar refractivity (Wildman–Crippen MR) is 347 cm³/mol. The van der Waals surface area contributed by atoms with Crippen molar-refractivity contribution in [3.05, 3.63) is 36.5 Å². The molecule has 0 bridgehead atoms. The van der Waals surface area contributed by atoms with Crippen molar-refractivity contribution < 1.29 is 24.5 Å². The molecule has 0 saturated heterocycles. The van der Waals surface area contributed by atoms with Crippen molar-refractivity contribution in [2.24, 2.45) is 0 Å². The van der Waals surface area contributed by atoms with Crippen LogP contribution in [0.1, 0.15) is 393 Å². The normalized spacial score (nSPS) is 12.7. The van der Waals surface area contributed by atoms with Crippen LogP contribution >= 0.6 is 0 Å². The summed E-state index contributed by atoms with van der Waals surface area (Å²) in [6.07, 6.45) is 88.1. The van der Waals surface area contributed by atoms with Gasteiger partial charge in [-0.05, 0) is 64.2 Å². The van der Waals surface area contributed by atoms with E-state index in [-0.39, 0.29) is 18.5 Å². The Kier molecular flexibility index (Phi) is 66.9. The Balaban J connectivity index is 3.38. The highest BCUT2D eigenvalue weighted by Crippen LogP contribution is 2.18. The minimum absolute atomic E-state index is 0.0172. The Morgan fingerprint density at radius 1 is 0.354 bits per heavy atom. The number of hydrogen-bond acceptors (Lipinski definition) is 5. The number of aliphatic hydroxyl groups is 2. The maximum absolute atomic E-state index is 12.5. The maximum Gasteiger partial charge on any atom is 0.305 e. The van der Waals surface area contributed by atoms with Gasteiger partial charge < -0.3 is 20.3 Å². The molecule has 0 aromatic rings. The number of carbonyl (C=O) groups excluding carboxylic acids is 2. The number of unbranched alkanes of at least 4 members (excludes halogenated alkanes) is 52. The first kappa shape index (κ1) is 77.1. The van der Waals surface area contributed by atoms with E-state index in [9.17, 15) is 19.8 Å². The summed E-state index contributed by atoms with van der Waals surface area (Å²) in [5.41, 5.74) is 0. The lowest BCUT2D eigenvalue weighted by atomic mass is 10.0. The van der Waals surface area contributed by atoms with E-state index in [0.29, 0.717) is 19.4 Å². The molecule has 0 aliphatic carbocycles. The third kappa shape index (κ3) is 65.1. The number of ether oxygens (including phenoxy) is 1. The van der Waals surface area contributed by atoms with Crippen LogP contribution in [0.15, 0.2) is 36.5 Å². The van der Waals surface area contributed by atoms with Gasteiger partial charge in [0.15, 0.2) is 0 Å². The zero-order chi connectivity index (χ0) is 57.1. The zero-order valence-electron chi connectivity index (χ0n) is 53.4. The second-order valence-corrected chi connectivity index (χ2v) is 24.6. The van der Waals surface area contributed by atoms with Gasteiger partial charge in [-0.3, -0.25) is 9.59 Å². The summed E-state index contributed by atoms with van der Waals surface area (Å²) in [7, 11) is 0. The molecule has 2 unspecified atom stereocenters. The van der Waals surface area contributed by atoms with E-state index in [1.165, 1.54) is 321 Å². The molecule has 466 valence electrons. The van der Waals surface area contributed by atoms with Crippen molar-refractivity contribution in [3.8, 4) is 0 Å². The van der Waals surface area contributed by atoms with Crippen LogP contribution in [0.2, 0.25) is 0 Å². The van der Waals surface area contributed by atoms with Gasteiger partial charge in [0, 0.05) is 12.8 Å². The lowest BCUT2D eigenvalue weighted by Gasteiger charge is -2.20. The summed E-state index contributed by atoms with van der Waals surface area (Å²) in [5, 5.41) is 23.1. The highest BCUT2D eigenvalue weighted by Gasteiger charge is 2.18. The van der Waals surface area contributed by atoms with Crippen molar-refractivity contribution in [3.63, 3.8) is 0 Å². The molecular weight excluding hydrogens is 971 g/mol. The minimum Gasteiger partial charge on any atom is -0.466 e. The van der Waals surface area contributed by atoms with Gasteiger partial charge in [-0.25, -0.2) is 0 Å². The van der Waals surface area contributed by atoms with Gasteiger partial charge >= 0.3 is 5.97 Å². The van der Waals surface area contributed by atoms with Gasteiger partial charge in [0.25, 0.3) is 0 Å². The number of amides is 1. The van der Waals surface area contributed by atoms with Crippen LogP contribution < -0.4 is 5.32 Å². The Hall–Kier alpha value is -1.92. The molecule has 0 aromatic carbocycles. The van der Waals surface area contributed by atoms with Gasteiger partial charge in [-0.15, -0.1) is 0 Å². The van der Waals surface area contributed by atoms with E-state index in [1.807, 2.05) is 6.08 Å². The average molecular weight is 1110 g/mol. The van der Waals surface area contributed by atoms with E-state index in [0.717, 1.165) is 44.9 Å². The molecule has 0 aromatic heterocycles. The van der Waals surface area contributed by atoms with Crippen molar-refractivity contribution in [2.45, 2.75) is 405 Å². The van der Waals surface area contributed by atoms with Crippen LogP contribution in [0.4, 0.5) is 0 Å². The molecule has 0 saturated carbocycles. The highest BCUT2D eigenvalue weighted by atomic mass is 16.5. The Labute approximate surface area is 494 Å². The van der Waals surface area contributed by atoms with Gasteiger partial charge in [0.2, 0.25) is 5.91 Å². The molecule has 3 N–H and O–H groups in total. The number of rotatable bonds is 67. The summed E-state index contributed by atoms with van der Waals surface area (Å²) in [4.78, 5) is 24.5. The molecule has 79 heavy (non-hydrogen) atoms. The van der Waals surface area contributed by atoms with Crippen LogP contribution in [-0.4, -0.2) is 47.4 Å². The summed E-state index contributed by atoms with van der Waals surface area (Å²) in [6.45, 7) is 4.93.